The molecule has 34 heavy (non-hydrogen) atoms. The zero-order valence-corrected chi connectivity index (χ0v) is 19.7. The van der Waals surface area contributed by atoms with Gasteiger partial charge in [0.05, 0.1) is 10.4 Å². The number of halogens is 1. The molecule has 2 aliphatic heterocycles. The molecule has 0 saturated carbocycles. The summed E-state index contributed by atoms with van der Waals surface area (Å²) >= 11 is 5.79. The number of benzene rings is 1. The molecule has 1 atom stereocenters. The van der Waals surface area contributed by atoms with Crippen LogP contribution in [0.15, 0.2) is 44.8 Å². The Labute approximate surface area is 200 Å². The molecule has 2 fully saturated rings. The van der Waals surface area contributed by atoms with Crippen molar-refractivity contribution in [2.24, 2.45) is 0 Å². The molecule has 2 saturated heterocycles. The molecule has 1 unspecified atom stereocenters. The Balaban J connectivity index is 1.37. The normalized spacial score (nSPS) is 20.3. The minimum Gasteiger partial charge on any atom is -0.335 e. The van der Waals surface area contributed by atoms with Crippen molar-refractivity contribution in [3.05, 3.63) is 61.9 Å². The van der Waals surface area contributed by atoms with Gasteiger partial charge in [0.15, 0.2) is 0 Å². The summed E-state index contributed by atoms with van der Waals surface area (Å²) in [4.78, 5) is 56.5. The number of likely N-dealkylation sites (tertiary alicyclic amines) is 2. The van der Waals surface area contributed by atoms with Gasteiger partial charge in [-0.1, -0.05) is 11.6 Å². The van der Waals surface area contributed by atoms with Gasteiger partial charge in [0.2, 0.25) is 15.9 Å². The van der Waals surface area contributed by atoms with Crippen LogP contribution in [-0.4, -0.2) is 71.7 Å². The van der Waals surface area contributed by atoms with E-state index in [0.29, 0.717) is 37.4 Å². The van der Waals surface area contributed by atoms with Crippen LogP contribution in [-0.2, 0) is 14.8 Å². The SMILES string of the molecule is O=C(c1cc(=O)[nH]c(=O)[nH]1)N1CCCC2(CCN2C(=O)CCNS(=O)(=O)c2ccc(Cl)cc2)C1. The number of carbonyl (C=O) groups is 2. The summed E-state index contributed by atoms with van der Waals surface area (Å²) in [6, 6.07) is 6.77. The quantitative estimate of drug-likeness (QED) is 0.509. The van der Waals surface area contributed by atoms with E-state index in [-0.39, 0.29) is 36.0 Å². The van der Waals surface area contributed by atoms with Gasteiger partial charge in [-0.05, 0) is 43.5 Å². The molecule has 1 aromatic heterocycles. The van der Waals surface area contributed by atoms with E-state index in [1.54, 1.807) is 4.90 Å². The predicted molar refractivity (Wildman–Crippen MR) is 123 cm³/mol. The molecule has 0 aliphatic carbocycles. The second-order valence-electron chi connectivity index (χ2n) is 8.45. The van der Waals surface area contributed by atoms with Gasteiger partial charge in [0.1, 0.15) is 5.69 Å². The van der Waals surface area contributed by atoms with Gasteiger partial charge < -0.3 is 14.8 Å². The maximum atomic E-state index is 12.9. The van der Waals surface area contributed by atoms with Gasteiger partial charge in [0, 0.05) is 43.7 Å². The molecule has 13 heteroatoms. The third-order valence-corrected chi connectivity index (χ3v) is 7.99. The molecular weight excluding hydrogens is 486 g/mol. The fourth-order valence-electron chi connectivity index (χ4n) is 4.52. The van der Waals surface area contributed by atoms with Gasteiger partial charge in [-0.15, -0.1) is 0 Å². The van der Waals surface area contributed by atoms with Crippen LogP contribution in [0.4, 0.5) is 0 Å². The zero-order valence-electron chi connectivity index (χ0n) is 18.2. The number of nitrogens with zero attached hydrogens (tertiary/aromatic N) is 2. The number of hydrogen-bond donors (Lipinski definition) is 3. The van der Waals surface area contributed by atoms with Gasteiger partial charge >= 0.3 is 5.69 Å². The lowest BCUT2D eigenvalue weighted by molar-refractivity contribution is -0.151. The summed E-state index contributed by atoms with van der Waals surface area (Å²) in [5.41, 5.74) is -2.05. The molecule has 11 nitrogen and oxygen atoms in total. The topological polar surface area (TPSA) is 153 Å². The maximum Gasteiger partial charge on any atom is 0.326 e. The van der Waals surface area contributed by atoms with E-state index in [0.717, 1.165) is 6.07 Å². The minimum atomic E-state index is -3.77. The second kappa shape index (κ2) is 9.35. The van der Waals surface area contributed by atoms with E-state index < -0.39 is 32.7 Å². The molecule has 3 N–H and O–H groups in total. The second-order valence-corrected chi connectivity index (χ2v) is 10.7. The molecule has 4 rings (SSSR count). The third-order valence-electron chi connectivity index (χ3n) is 6.26. The van der Waals surface area contributed by atoms with Crippen molar-refractivity contribution < 1.29 is 18.0 Å². The molecule has 1 spiro atoms. The number of amides is 2. The van der Waals surface area contributed by atoms with Crippen LogP contribution in [0, 0.1) is 0 Å². The van der Waals surface area contributed by atoms with Crippen molar-refractivity contribution in [3.8, 4) is 0 Å². The van der Waals surface area contributed by atoms with Crippen LogP contribution >= 0.6 is 11.6 Å². The van der Waals surface area contributed by atoms with Crippen LogP contribution in [0.5, 0.6) is 0 Å². The predicted octanol–water partition coefficient (Wildman–Crippen LogP) is 0.292. The van der Waals surface area contributed by atoms with Gasteiger partial charge in [-0.25, -0.2) is 17.9 Å². The number of aromatic amines is 2. The average molecular weight is 510 g/mol. The van der Waals surface area contributed by atoms with Crippen LogP contribution < -0.4 is 16.0 Å². The van der Waals surface area contributed by atoms with Crippen LogP contribution in [0.1, 0.15) is 36.2 Å². The largest absolute Gasteiger partial charge is 0.335 e. The first kappa shape index (κ1) is 24.2. The Hall–Kier alpha value is -2.96. The number of H-pyrrole nitrogens is 2. The number of carbonyl (C=O) groups excluding carboxylic acids is 2. The Morgan fingerprint density at radius 3 is 2.47 bits per heavy atom. The highest BCUT2D eigenvalue weighted by Crippen LogP contribution is 2.39. The average Bonchev–Trinajstić information content (AvgIpc) is 2.77. The van der Waals surface area contributed by atoms with E-state index in [4.69, 9.17) is 11.6 Å². The monoisotopic (exact) mass is 509 g/mol. The van der Waals surface area contributed by atoms with E-state index in [9.17, 15) is 27.6 Å². The molecule has 182 valence electrons. The van der Waals surface area contributed by atoms with E-state index in [1.807, 2.05) is 4.98 Å². The summed E-state index contributed by atoms with van der Waals surface area (Å²) in [7, 11) is -3.77. The maximum absolute atomic E-state index is 12.9. The van der Waals surface area contributed by atoms with Crippen LogP contribution in [0.2, 0.25) is 5.02 Å². The molecule has 0 bridgehead atoms. The summed E-state index contributed by atoms with van der Waals surface area (Å²) in [5.74, 6) is -0.679. The summed E-state index contributed by atoms with van der Waals surface area (Å²) in [5, 5.41) is 0.419. The Morgan fingerprint density at radius 1 is 1.09 bits per heavy atom. The lowest BCUT2D eigenvalue weighted by Gasteiger charge is -2.57. The molecule has 1 aromatic carbocycles. The Morgan fingerprint density at radius 2 is 1.82 bits per heavy atom. The van der Waals surface area contributed by atoms with Crippen molar-refractivity contribution in [1.82, 2.24) is 24.5 Å². The number of piperidine rings is 1. The number of hydrogen-bond acceptors (Lipinski definition) is 6. The highest BCUT2D eigenvalue weighted by atomic mass is 35.5. The summed E-state index contributed by atoms with van der Waals surface area (Å²) in [6.07, 6.45) is 2.06. The molecule has 0 radical (unpaired) electrons. The molecule has 2 aromatic rings. The molecule has 3 heterocycles. The van der Waals surface area contributed by atoms with Crippen molar-refractivity contribution in [2.45, 2.75) is 36.1 Å². The Kier molecular flexibility index (Phi) is 6.65. The van der Waals surface area contributed by atoms with Crippen molar-refractivity contribution in [1.29, 1.82) is 0 Å². The lowest BCUT2D eigenvalue weighted by Crippen LogP contribution is -2.69. The van der Waals surface area contributed by atoms with Crippen molar-refractivity contribution >= 4 is 33.4 Å². The summed E-state index contributed by atoms with van der Waals surface area (Å²) < 4.78 is 27.2. The Bertz CT molecular complexity index is 1290. The van der Waals surface area contributed by atoms with Crippen LogP contribution in [0.3, 0.4) is 0 Å². The first-order valence-corrected chi connectivity index (χ1v) is 12.6. The number of rotatable bonds is 6. The van der Waals surface area contributed by atoms with E-state index in [1.165, 1.54) is 29.2 Å². The van der Waals surface area contributed by atoms with Gasteiger partial charge in [-0.3, -0.25) is 19.4 Å². The minimum absolute atomic E-state index is 0.0239. The zero-order chi connectivity index (χ0) is 24.5. The molecule has 2 aliphatic rings. The highest BCUT2D eigenvalue weighted by molar-refractivity contribution is 7.89. The first-order valence-electron chi connectivity index (χ1n) is 10.8. The van der Waals surface area contributed by atoms with Gasteiger partial charge in [0.25, 0.3) is 11.5 Å². The number of sulfonamides is 1. The molecule has 2 amide bonds. The molecular formula is C21H24ClN5O6S. The number of aromatic nitrogens is 2. The number of nitrogens with one attached hydrogen (secondary N) is 3. The van der Waals surface area contributed by atoms with Crippen LogP contribution in [0.25, 0.3) is 0 Å². The lowest BCUT2D eigenvalue weighted by atomic mass is 9.77. The fourth-order valence-corrected chi connectivity index (χ4v) is 5.68. The highest BCUT2D eigenvalue weighted by Gasteiger charge is 2.50. The van der Waals surface area contributed by atoms with Crippen molar-refractivity contribution in [3.63, 3.8) is 0 Å². The van der Waals surface area contributed by atoms with Gasteiger partial charge in [-0.2, -0.15) is 0 Å². The first-order chi connectivity index (χ1) is 16.1. The van der Waals surface area contributed by atoms with Crippen molar-refractivity contribution in [2.75, 3.05) is 26.2 Å². The standard InChI is InChI=1S/C21H24ClN5O6S/c22-14-2-4-15(5-3-14)34(32,33)23-9-6-18(29)27-11-8-21(27)7-1-10-26(13-21)19(30)16-12-17(28)25-20(31)24-16/h2-5,12,23H,1,6-11,13H2,(H2,24,25,28,31). The summed E-state index contributed by atoms with van der Waals surface area (Å²) in [6.45, 7) is 1.18. The smallest absolute Gasteiger partial charge is 0.326 e. The van der Waals surface area contributed by atoms with E-state index >= 15 is 0 Å². The third kappa shape index (κ3) is 4.93. The fraction of sp³-hybridized carbons (Fsp3) is 0.429. The van der Waals surface area contributed by atoms with E-state index in [2.05, 4.69) is 9.71 Å².